The Morgan fingerprint density at radius 3 is 1.53 bits per heavy atom. The number of benzene rings is 6. The lowest BCUT2D eigenvalue weighted by molar-refractivity contribution is 0.461. The largest absolute Gasteiger partial charge is 0.505 e. The van der Waals surface area contributed by atoms with Crippen molar-refractivity contribution in [1.29, 1.82) is 0 Å². The molecule has 7 rings (SSSR count). The molecule has 302 valence electrons. The Hall–Kier alpha value is -6.89. The smallest absolute Gasteiger partial charge is 0.296 e. The van der Waals surface area contributed by atoms with E-state index >= 15 is 0 Å². The molecule has 23 heteroatoms. The Morgan fingerprint density at radius 2 is 0.983 bits per heavy atom. The minimum absolute atomic E-state index is 0.0532. The summed E-state index contributed by atoms with van der Waals surface area (Å²) in [4.78, 5) is -1.58. The van der Waals surface area contributed by atoms with Crippen LogP contribution in [-0.2, 0) is 36.8 Å². The molecule has 1 aliphatic rings. The van der Waals surface area contributed by atoms with E-state index in [2.05, 4.69) is 30.7 Å². The van der Waals surface area contributed by atoms with Gasteiger partial charge in [-0.3, -0.25) is 13.7 Å². The van der Waals surface area contributed by atoms with Crippen LogP contribution in [0.1, 0.15) is 11.1 Å². The Labute approximate surface area is 333 Å². The van der Waals surface area contributed by atoms with E-state index in [0.717, 1.165) is 12.1 Å². The SMILES string of the molecule is Nc1ccc2c(c1)CC(S(=O)(=O)O)C(N=Nc1ccc(N=Nc3c(S(=O)(=O)O)cc4ccc(N=Nc5c(S(=O)(=O)O)cc6ccc(N)cc6c5O)cc4c3O)cc1)=C2O. The van der Waals surface area contributed by atoms with Crippen LogP contribution in [0.3, 0.4) is 0 Å². The van der Waals surface area contributed by atoms with Gasteiger partial charge in [-0.1, -0.05) is 12.1 Å². The summed E-state index contributed by atoms with van der Waals surface area (Å²) in [6, 6.07) is 19.9. The fraction of sp³-hybridized carbons (Fsp3) is 0.0556. The van der Waals surface area contributed by atoms with Crippen molar-refractivity contribution in [2.45, 2.75) is 21.5 Å². The first-order valence-corrected chi connectivity index (χ1v) is 21.0. The van der Waals surface area contributed by atoms with Gasteiger partial charge in [0.05, 0.1) is 17.1 Å². The molecule has 10 N–H and O–H groups in total. The van der Waals surface area contributed by atoms with Gasteiger partial charge in [-0.15, -0.1) is 15.3 Å². The normalized spacial score (nSPS) is 15.3. The number of aromatic hydroxyl groups is 2. The maximum atomic E-state index is 12.4. The molecule has 0 saturated carbocycles. The molecule has 0 radical (unpaired) electrons. The molecule has 1 aliphatic carbocycles. The first-order valence-electron chi connectivity index (χ1n) is 16.6. The van der Waals surface area contributed by atoms with Gasteiger partial charge < -0.3 is 26.8 Å². The van der Waals surface area contributed by atoms with Gasteiger partial charge in [-0.25, -0.2) is 0 Å². The highest BCUT2D eigenvalue weighted by molar-refractivity contribution is 7.86. The van der Waals surface area contributed by atoms with E-state index in [1.54, 1.807) is 0 Å². The van der Waals surface area contributed by atoms with Crippen LogP contribution in [0.5, 0.6) is 11.5 Å². The summed E-state index contributed by atoms with van der Waals surface area (Å²) in [5.41, 5.74) is 11.2. The summed E-state index contributed by atoms with van der Waals surface area (Å²) in [6.45, 7) is 0. The fourth-order valence-corrected chi connectivity index (χ4v) is 8.35. The van der Waals surface area contributed by atoms with Gasteiger partial charge in [-0.05, 0) is 102 Å². The summed E-state index contributed by atoms with van der Waals surface area (Å²) >= 11 is 0. The number of aliphatic hydroxyl groups excluding tert-OH is 1. The summed E-state index contributed by atoms with van der Waals surface area (Å²) in [5, 5.41) is 55.2. The van der Waals surface area contributed by atoms with E-state index < -0.39 is 79.7 Å². The van der Waals surface area contributed by atoms with Crippen molar-refractivity contribution in [3.8, 4) is 11.5 Å². The number of nitrogens with two attached hydrogens (primary N) is 2. The molecular formula is C36H28N8O12S3. The number of anilines is 2. The zero-order valence-corrected chi connectivity index (χ0v) is 32.1. The highest BCUT2D eigenvalue weighted by Gasteiger charge is 2.36. The predicted octanol–water partition coefficient (Wildman–Crippen LogP) is 7.72. The number of nitrogens with zero attached hydrogens (tertiary/aromatic N) is 6. The summed E-state index contributed by atoms with van der Waals surface area (Å²) in [5.74, 6) is -1.96. The Morgan fingerprint density at radius 1 is 0.525 bits per heavy atom. The average molecular weight is 861 g/mol. The maximum absolute atomic E-state index is 12.4. The molecule has 6 aromatic rings. The minimum Gasteiger partial charge on any atom is -0.505 e. The van der Waals surface area contributed by atoms with E-state index in [9.17, 15) is 54.2 Å². The number of fused-ring (bicyclic) bond motifs is 3. The zero-order valence-electron chi connectivity index (χ0n) is 29.6. The first kappa shape index (κ1) is 40.3. The van der Waals surface area contributed by atoms with Crippen LogP contribution in [0, 0.1) is 0 Å². The quantitative estimate of drug-likeness (QED) is 0.0392. The first-order chi connectivity index (χ1) is 27.7. The van der Waals surface area contributed by atoms with Crippen molar-refractivity contribution in [3.05, 3.63) is 108 Å². The fourth-order valence-electron chi connectivity index (χ4n) is 6.21. The Bertz CT molecular complexity index is 3230. The number of phenols is 2. The van der Waals surface area contributed by atoms with Crippen molar-refractivity contribution in [1.82, 2.24) is 0 Å². The van der Waals surface area contributed by atoms with Crippen molar-refractivity contribution in [2.24, 2.45) is 30.7 Å². The number of aliphatic hydroxyl groups is 1. The molecule has 59 heavy (non-hydrogen) atoms. The maximum Gasteiger partial charge on any atom is 0.296 e. The van der Waals surface area contributed by atoms with Gasteiger partial charge >= 0.3 is 0 Å². The van der Waals surface area contributed by atoms with Crippen LogP contribution >= 0.6 is 0 Å². The van der Waals surface area contributed by atoms with Crippen LogP contribution < -0.4 is 11.5 Å². The molecule has 0 aliphatic heterocycles. The number of hydrogen-bond acceptors (Lipinski definition) is 17. The second-order valence-corrected chi connectivity index (χ2v) is 17.3. The van der Waals surface area contributed by atoms with E-state index in [1.165, 1.54) is 78.9 Å². The third kappa shape index (κ3) is 8.13. The predicted molar refractivity (Wildman–Crippen MR) is 214 cm³/mol. The lowest BCUT2D eigenvalue weighted by Gasteiger charge is -2.23. The second kappa shape index (κ2) is 14.8. The molecule has 0 heterocycles. The highest BCUT2D eigenvalue weighted by Crippen LogP contribution is 2.45. The molecule has 6 aromatic carbocycles. The Balaban J connectivity index is 1.21. The van der Waals surface area contributed by atoms with Gasteiger partial charge in [0.2, 0.25) is 0 Å². The molecule has 1 atom stereocenters. The van der Waals surface area contributed by atoms with Gasteiger partial charge in [0.25, 0.3) is 30.4 Å². The van der Waals surface area contributed by atoms with Crippen molar-refractivity contribution >= 4 is 97.5 Å². The minimum atomic E-state index is -5.01. The van der Waals surface area contributed by atoms with Crippen molar-refractivity contribution in [2.75, 3.05) is 11.5 Å². The number of phenolic OH excluding ortho intramolecular Hbond substituents is 2. The number of rotatable bonds is 9. The average Bonchev–Trinajstić information content (AvgIpc) is 3.16. The zero-order chi connectivity index (χ0) is 42.6. The Kier molecular flexibility index (Phi) is 10.1. The number of azo groups is 3. The summed E-state index contributed by atoms with van der Waals surface area (Å²) in [7, 11) is -14.7. The third-order valence-corrected chi connectivity index (χ3v) is 11.9. The van der Waals surface area contributed by atoms with E-state index in [-0.39, 0.29) is 56.3 Å². The monoisotopic (exact) mass is 860 g/mol. The highest BCUT2D eigenvalue weighted by atomic mass is 32.2. The molecular weight excluding hydrogens is 833 g/mol. The van der Waals surface area contributed by atoms with E-state index in [1.807, 2.05) is 0 Å². The molecule has 0 fully saturated rings. The van der Waals surface area contributed by atoms with Crippen molar-refractivity contribution < 1.29 is 54.2 Å². The van der Waals surface area contributed by atoms with Gasteiger partial charge in [0.15, 0.2) is 11.5 Å². The van der Waals surface area contributed by atoms with Crippen LogP contribution in [0.2, 0.25) is 0 Å². The van der Waals surface area contributed by atoms with Crippen LogP contribution in [0.25, 0.3) is 27.3 Å². The molecule has 1 unspecified atom stereocenters. The third-order valence-electron chi connectivity index (χ3n) is 9.02. The van der Waals surface area contributed by atoms with E-state index in [0.29, 0.717) is 11.3 Å². The number of nitrogen functional groups attached to an aromatic ring is 2. The molecule has 0 spiro atoms. The summed E-state index contributed by atoms with van der Waals surface area (Å²) < 4.78 is 103. The van der Waals surface area contributed by atoms with Crippen LogP contribution in [0.15, 0.2) is 137 Å². The van der Waals surface area contributed by atoms with Gasteiger partial charge in [-0.2, -0.15) is 40.6 Å². The second-order valence-electron chi connectivity index (χ2n) is 13.0. The van der Waals surface area contributed by atoms with Crippen LogP contribution in [0.4, 0.5) is 39.8 Å². The topological polar surface area (TPSA) is 350 Å². The van der Waals surface area contributed by atoms with Gasteiger partial charge in [0.1, 0.15) is 37.9 Å². The standard InChI is InChI=1S/C36H28N8O12S3/c37-20-4-10-25-19(11-20)14-30(59(54,55)56)31(34(25)45)42-39-22-6-8-23(9-7-22)40-43-33-29(58(51,52)53)13-18-2-5-24(16-27(18)36(33)47)41-44-32-28(57(48,49)50)12-17-1-3-21(38)15-26(17)35(32)46/h1-13,15-16,30,45-47H,14,37-38H2,(H,48,49,50)(H,51,52,53)(H,54,55,56). The molecule has 0 amide bonds. The van der Waals surface area contributed by atoms with Crippen molar-refractivity contribution in [3.63, 3.8) is 0 Å². The molecule has 0 bridgehead atoms. The van der Waals surface area contributed by atoms with E-state index in [4.69, 9.17) is 11.5 Å². The van der Waals surface area contributed by atoms with Crippen LogP contribution in [-0.4, -0.2) is 59.5 Å². The van der Waals surface area contributed by atoms with Gasteiger partial charge in [0, 0.05) is 27.7 Å². The molecule has 0 saturated heterocycles. The number of hydrogen-bond donors (Lipinski definition) is 8. The summed E-state index contributed by atoms with van der Waals surface area (Å²) in [6.07, 6.45) is -0.237. The molecule has 0 aromatic heterocycles. The molecule has 20 nitrogen and oxygen atoms in total. The lowest BCUT2D eigenvalue weighted by atomic mass is 9.93. The lowest BCUT2D eigenvalue weighted by Crippen LogP contribution is -2.29.